The van der Waals surface area contributed by atoms with Crippen LogP contribution >= 0.6 is 11.3 Å². The Morgan fingerprint density at radius 3 is 2.69 bits per heavy atom. The van der Waals surface area contributed by atoms with Gasteiger partial charge in [-0.25, -0.2) is 0 Å². The molecule has 0 bridgehead atoms. The second-order valence-corrected chi connectivity index (χ2v) is 4.37. The maximum Gasteiger partial charge on any atom is 0.280 e. The van der Waals surface area contributed by atoms with Crippen LogP contribution in [0, 0.1) is 13.8 Å². The van der Waals surface area contributed by atoms with Crippen molar-refractivity contribution in [2.24, 2.45) is 0 Å². The van der Waals surface area contributed by atoms with E-state index in [0.29, 0.717) is 16.5 Å². The Labute approximate surface area is 95.1 Å². The van der Waals surface area contributed by atoms with Crippen molar-refractivity contribution in [3.63, 3.8) is 0 Å². The third kappa shape index (κ3) is 1.87. The molecule has 0 aliphatic rings. The van der Waals surface area contributed by atoms with Crippen LogP contribution in [0.1, 0.15) is 21.2 Å². The number of anilines is 2. The average Bonchev–Trinajstić information content (AvgIpc) is 2.76. The molecule has 0 fully saturated rings. The minimum atomic E-state index is -0.391. The molecule has 0 saturated heterocycles. The third-order valence-electron chi connectivity index (χ3n) is 1.96. The number of aromatic nitrogens is 4. The first-order valence-corrected chi connectivity index (χ1v) is 5.31. The van der Waals surface area contributed by atoms with Gasteiger partial charge in [-0.05, 0) is 13.8 Å². The number of nitrogens with two attached hydrogens (primary N) is 1. The first kappa shape index (κ1) is 10.6. The van der Waals surface area contributed by atoms with Crippen molar-refractivity contribution in [2.45, 2.75) is 13.8 Å². The van der Waals surface area contributed by atoms with Crippen molar-refractivity contribution < 1.29 is 4.79 Å². The van der Waals surface area contributed by atoms with Gasteiger partial charge in [0.25, 0.3) is 5.91 Å². The number of aromatic amines is 1. The summed E-state index contributed by atoms with van der Waals surface area (Å²) < 4.78 is 0. The Balaban J connectivity index is 2.18. The van der Waals surface area contributed by atoms with Crippen molar-refractivity contribution in [1.82, 2.24) is 20.4 Å². The molecule has 0 aliphatic heterocycles. The van der Waals surface area contributed by atoms with Gasteiger partial charge < -0.3 is 5.73 Å². The van der Waals surface area contributed by atoms with E-state index in [0.717, 1.165) is 5.01 Å². The largest absolute Gasteiger partial charge is 0.395 e. The minimum Gasteiger partial charge on any atom is -0.395 e. The van der Waals surface area contributed by atoms with Crippen LogP contribution in [0.5, 0.6) is 0 Å². The Bertz CT molecular complexity index is 530. The van der Waals surface area contributed by atoms with Gasteiger partial charge in [-0.2, -0.15) is 5.10 Å². The molecule has 0 spiro atoms. The zero-order valence-corrected chi connectivity index (χ0v) is 9.55. The molecule has 2 rings (SSSR count). The van der Waals surface area contributed by atoms with Gasteiger partial charge in [0.15, 0.2) is 5.69 Å². The van der Waals surface area contributed by atoms with Crippen LogP contribution in [0.2, 0.25) is 0 Å². The van der Waals surface area contributed by atoms with Crippen LogP contribution in [0.3, 0.4) is 0 Å². The molecule has 0 aliphatic carbocycles. The summed E-state index contributed by atoms with van der Waals surface area (Å²) in [5.41, 5.74) is 6.86. The molecule has 4 N–H and O–H groups in total. The summed E-state index contributed by atoms with van der Waals surface area (Å²) in [4.78, 5) is 11.7. The quantitative estimate of drug-likeness (QED) is 0.713. The number of nitrogens with zero attached hydrogens (tertiary/aromatic N) is 3. The normalized spacial score (nSPS) is 10.4. The molecule has 8 heteroatoms. The SMILES string of the molecule is Cc1nnc(NC(=O)c2n[nH]c(C)c2N)s1. The fourth-order valence-electron chi connectivity index (χ4n) is 1.11. The number of hydrogen-bond donors (Lipinski definition) is 3. The van der Waals surface area contributed by atoms with E-state index in [4.69, 9.17) is 5.73 Å². The highest BCUT2D eigenvalue weighted by molar-refractivity contribution is 7.15. The molecular formula is C8H10N6OS. The van der Waals surface area contributed by atoms with Gasteiger partial charge in [-0.1, -0.05) is 11.3 Å². The fraction of sp³-hybridized carbons (Fsp3) is 0.250. The maximum absolute atomic E-state index is 11.7. The van der Waals surface area contributed by atoms with E-state index in [1.54, 1.807) is 13.8 Å². The Kier molecular flexibility index (Phi) is 2.57. The standard InChI is InChI=1S/C8H10N6OS/c1-3-5(9)6(13-11-3)7(15)10-8-14-12-4(2)16-8/h9H2,1-2H3,(H,11,13)(H,10,14,15). The van der Waals surface area contributed by atoms with E-state index < -0.39 is 5.91 Å². The number of nitrogen functional groups attached to an aromatic ring is 1. The number of carbonyl (C=O) groups excluding carboxylic acids is 1. The van der Waals surface area contributed by atoms with Crippen molar-refractivity contribution in [3.8, 4) is 0 Å². The summed E-state index contributed by atoms with van der Waals surface area (Å²) >= 11 is 1.29. The van der Waals surface area contributed by atoms with E-state index in [-0.39, 0.29) is 5.69 Å². The van der Waals surface area contributed by atoms with Gasteiger partial charge in [0.1, 0.15) is 5.01 Å². The minimum absolute atomic E-state index is 0.172. The first-order chi connectivity index (χ1) is 7.58. The fourth-order valence-corrected chi connectivity index (χ4v) is 1.70. The summed E-state index contributed by atoms with van der Waals surface area (Å²) in [5, 5.41) is 17.8. The third-order valence-corrected chi connectivity index (χ3v) is 2.71. The average molecular weight is 238 g/mol. The van der Waals surface area contributed by atoms with E-state index in [2.05, 4.69) is 25.7 Å². The lowest BCUT2D eigenvalue weighted by atomic mass is 10.3. The van der Waals surface area contributed by atoms with E-state index in [1.165, 1.54) is 11.3 Å². The van der Waals surface area contributed by atoms with Gasteiger partial charge in [-0.3, -0.25) is 15.2 Å². The molecule has 0 unspecified atom stereocenters. The lowest BCUT2D eigenvalue weighted by Crippen LogP contribution is -2.14. The van der Waals surface area contributed by atoms with Crippen LogP contribution < -0.4 is 11.1 Å². The molecule has 2 aromatic heterocycles. The van der Waals surface area contributed by atoms with Gasteiger partial charge in [-0.15, -0.1) is 10.2 Å². The van der Waals surface area contributed by atoms with Crippen molar-refractivity contribution in [1.29, 1.82) is 0 Å². The highest BCUT2D eigenvalue weighted by atomic mass is 32.1. The zero-order valence-electron chi connectivity index (χ0n) is 8.74. The first-order valence-electron chi connectivity index (χ1n) is 4.50. The summed E-state index contributed by atoms with van der Waals surface area (Å²) in [6.07, 6.45) is 0. The van der Waals surface area contributed by atoms with Crippen LogP contribution in [0.4, 0.5) is 10.8 Å². The molecule has 2 heterocycles. The second-order valence-electron chi connectivity index (χ2n) is 3.19. The highest BCUT2D eigenvalue weighted by Crippen LogP contribution is 2.17. The number of nitrogens with one attached hydrogen (secondary N) is 2. The van der Waals surface area contributed by atoms with Crippen LogP contribution in [-0.4, -0.2) is 26.3 Å². The zero-order chi connectivity index (χ0) is 11.7. The molecule has 84 valence electrons. The molecular weight excluding hydrogens is 228 g/mol. The maximum atomic E-state index is 11.7. The molecule has 7 nitrogen and oxygen atoms in total. The number of aryl methyl sites for hydroxylation is 2. The van der Waals surface area contributed by atoms with Crippen LogP contribution in [0.15, 0.2) is 0 Å². The molecule has 0 saturated carbocycles. The van der Waals surface area contributed by atoms with E-state index in [9.17, 15) is 4.79 Å². The van der Waals surface area contributed by atoms with Crippen molar-refractivity contribution in [2.75, 3.05) is 11.1 Å². The van der Waals surface area contributed by atoms with Gasteiger partial charge in [0.2, 0.25) is 5.13 Å². The number of hydrogen-bond acceptors (Lipinski definition) is 6. The van der Waals surface area contributed by atoms with Crippen molar-refractivity contribution in [3.05, 3.63) is 16.4 Å². The number of carbonyl (C=O) groups is 1. The topological polar surface area (TPSA) is 110 Å². The van der Waals surface area contributed by atoms with Crippen LogP contribution in [-0.2, 0) is 0 Å². The molecule has 16 heavy (non-hydrogen) atoms. The molecule has 1 amide bonds. The predicted molar refractivity (Wildman–Crippen MR) is 60.3 cm³/mol. The van der Waals surface area contributed by atoms with E-state index in [1.807, 2.05) is 0 Å². The lowest BCUT2D eigenvalue weighted by molar-refractivity contribution is 0.102. The smallest absolute Gasteiger partial charge is 0.280 e. The summed E-state index contributed by atoms with van der Waals surface area (Å²) in [5.74, 6) is -0.391. The van der Waals surface area contributed by atoms with E-state index >= 15 is 0 Å². The monoisotopic (exact) mass is 238 g/mol. The molecule has 0 atom stereocenters. The van der Waals surface area contributed by atoms with Gasteiger partial charge in [0.05, 0.1) is 11.4 Å². The number of rotatable bonds is 2. The summed E-state index contributed by atoms with van der Waals surface area (Å²) in [6.45, 7) is 3.55. The second kappa shape index (κ2) is 3.89. The molecule has 0 radical (unpaired) electrons. The predicted octanol–water partition coefficient (Wildman–Crippen LogP) is 0.713. The number of amides is 1. The molecule has 0 aromatic carbocycles. The lowest BCUT2D eigenvalue weighted by Gasteiger charge is -1.97. The number of H-pyrrole nitrogens is 1. The van der Waals surface area contributed by atoms with Crippen LogP contribution in [0.25, 0.3) is 0 Å². The Morgan fingerprint density at radius 2 is 2.19 bits per heavy atom. The Hall–Kier alpha value is -1.96. The highest BCUT2D eigenvalue weighted by Gasteiger charge is 2.16. The van der Waals surface area contributed by atoms with Gasteiger partial charge in [0, 0.05) is 0 Å². The summed E-state index contributed by atoms with van der Waals surface area (Å²) in [7, 11) is 0. The van der Waals surface area contributed by atoms with Gasteiger partial charge >= 0.3 is 0 Å². The summed E-state index contributed by atoms with van der Waals surface area (Å²) in [6, 6.07) is 0. The molecule has 2 aromatic rings. The Morgan fingerprint density at radius 1 is 1.44 bits per heavy atom. The van der Waals surface area contributed by atoms with Crippen molar-refractivity contribution >= 4 is 28.1 Å².